The lowest BCUT2D eigenvalue weighted by Gasteiger charge is -2.13. The minimum Gasteiger partial charge on any atom is -0.356 e. The Kier molecular flexibility index (Phi) is 6.13. The summed E-state index contributed by atoms with van der Waals surface area (Å²) in [6.07, 6.45) is 0. The van der Waals surface area contributed by atoms with Gasteiger partial charge in [-0.2, -0.15) is 0 Å². The number of H-pyrrole nitrogens is 1. The molecule has 0 aliphatic rings. The summed E-state index contributed by atoms with van der Waals surface area (Å²) in [7, 11) is 1.98. The largest absolute Gasteiger partial charge is 0.356 e. The molecular formula is C18H27N4O2S+. The second-order valence-corrected chi connectivity index (χ2v) is 7.78. The van der Waals surface area contributed by atoms with Crippen molar-refractivity contribution in [3.63, 3.8) is 0 Å². The number of carbonyl (C=O) groups excluding carboxylic acids is 2. The van der Waals surface area contributed by atoms with E-state index in [4.69, 9.17) is 0 Å². The van der Waals surface area contributed by atoms with Crippen molar-refractivity contribution in [3.8, 4) is 11.4 Å². The number of ketones is 1. The van der Waals surface area contributed by atoms with Gasteiger partial charge in [-0.05, 0) is 40.2 Å². The highest BCUT2D eigenvalue weighted by Crippen LogP contribution is 2.28. The molecule has 6 nitrogen and oxygen atoms in total. The second-order valence-electron chi connectivity index (χ2n) is 6.84. The van der Waals surface area contributed by atoms with Crippen LogP contribution in [-0.4, -0.2) is 41.3 Å². The van der Waals surface area contributed by atoms with Crippen molar-refractivity contribution in [2.75, 3.05) is 13.6 Å². The molecule has 1 atom stereocenters. The zero-order valence-corrected chi connectivity index (χ0v) is 16.6. The normalized spacial score (nSPS) is 12.4. The summed E-state index contributed by atoms with van der Waals surface area (Å²) in [5.74, 6) is 0.111. The van der Waals surface area contributed by atoms with Gasteiger partial charge in [0.25, 0.3) is 5.91 Å². The summed E-state index contributed by atoms with van der Waals surface area (Å²) in [4.78, 5) is 32.7. The van der Waals surface area contributed by atoms with E-state index in [1.54, 1.807) is 18.3 Å². The summed E-state index contributed by atoms with van der Waals surface area (Å²) in [6, 6.07) is 0.154. The topological polar surface area (TPSA) is 79.3 Å². The maximum atomic E-state index is 11.8. The third-order valence-corrected chi connectivity index (χ3v) is 4.81. The molecule has 2 aromatic rings. The zero-order valence-electron chi connectivity index (χ0n) is 15.7. The Bertz CT molecular complexity index is 776. The number of aromatic nitrogens is 2. The molecule has 136 valence electrons. The molecule has 2 aromatic heterocycles. The van der Waals surface area contributed by atoms with Crippen LogP contribution in [0.1, 0.15) is 47.4 Å². The molecule has 0 radical (unpaired) electrons. The van der Waals surface area contributed by atoms with Gasteiger partial charge in [0, 0.05) is 22.7 Å². The molecule has 1 amide bonds. The molecule has 25 heavy (non-hydrogen) atoms. The molecule has 0 bridgehead atoms. The molecule has 1 unspecified atom stereocenters. The van der Waals surface area contributed by atoms with Gasteiger partial charge in [-0.1, -0.05) is 0 Å². The van der Waals surface area contributed by atoms with Crippen LogP contribution in [0, 0.1) is 13.8 Å². The Balaban J connectivity index is 2.09. The molecule has 3 N–H and O–H groups in total. The van der Waals surface area contributed by atoms with Gasteiger partial charge in [-0.3, -0.25) is 9.59 Å². The van der Waals surface area contributed by atoms with E-state index in [1.807, 2.05) is 40.1 Å². The number of hydrogen-bond donors (Lipinski definition) is 3. The number of hydrogen-bond acceptors (Lipinski definition) is 4. The Morgan fingerprint density at radius 1 is 1.36 bits per heavy atom. The third kappa shape index (κ3) is 4.76. The first-order valence-corrected chi connectivity index (χ1v) is 9.32. The number of nitrogens with zero attached hydrogens (tertiary/aromatic N) is 1. The number of aromatic amines is 1. The van der Waals surface area contributed by atoms with E-state index < -0.39 is 0 Å². The van der Waals surface area contributed by atoms with Gasteiger partial charge in [0.15, 0.2) is 12.3 Å². The fourth-order valence-electron chi connectivity index (χ4n) is 3.01. The van der Waals surface area contributed by atoms with Crippen LogP contribution >= 0.6 is 11.3 Å². The van der Waals surface area contributed by atoms with Gasteiger partial charge < -0.3 is 15.2 Å². The van der Waals surface area contributed by atoms with Gasteiger partial charge in [-0.15, -0.1) is 11.3 Å². The van der Waals surface area contributed by atoms with Gasteiger partial charge in [0.2, 0.25) is 0 Å². The highest BCUT2D eigenvalue weighted by atomic mass is 32.1. The van der Waals surface area contributed by atoms with Crippen LogP contribution in [0.15, 0.2) is 5.38 Å². The number of carbonyl (C=O) groups is 2. The van der Waals surface area contributed by atoms with Gasteiger partial charge in [0.05, 0.1) is 18.4 Å². The van der Waals surface area contributed by atoms with E-state index in [9.17, 15) is 9.59 Å². The van der Waals surface area contributed by atoms with Gasteiger partial charge in [-0.25, -0.2) is 4.98 Å². The minimum atomic E-state index is 0.0474. The van der Waals surface area contributed by atoms with Crippen molar-refractivity contribution in [1.82, 2.24) is 15.3 Å². The summed E-state index contributed by atoms with van der Waals surface area (Å²) in [6.45, 7) is 10.5. The van der Waals surface area contributed by atoms with Crippen LogP contribution in [0.2, 0.25) is 0 Å². The minimum absolute atomic E-state index is 0.0474. The first kappa shape index (κ1) is 19.3. The fraction of sp³-hybridized carbons (Fsp3) is 0.500. The van der Waals surface area contributed by atoms with Crippen LogP contribution in [0.5, 0.6) is 0 Å². The first-order chi connectivity index (χ1) is 11.7. The Labute approximate surface area is 152 Å². The van der Waals surface area contributed by atoms with Crippen molar-refractivity contribution < 1.29 is 14.5 Å². The predicted molar refractivity (Wildman–Crippen MR) is 100 cm³/mol. The highest BCUT2D eigenvalue weighted by molar-refractivity contribution is 7.09. The van der Waals surface area contributed by atoms with Crippen LogP contribution in [0.25, 0.3) is 11.4 Å². The van der Waals surface area contributed by atoms with Crippen LogP contribution in [0.4, 0.5) is 0 Å². The molecule has 0 aromatic carbocycles. The summed E-state index contributed by atoms with van der Waals surface area (Å²) < 4.78 is 0. The first-order valence-electron chi connectivity index (χ1n) is 8.44. The van der Waals surface area contributed by atoms with Crippen LogP contribution < -0.4 is 10.2 Å². The van der Waals surface area contributed by atoms with Crippen molar-refractivity contribution in [1.29, 1.82) is 0 Å². The van der Waals surface area contributed by atoms with E-state index >= 15 is 0 Å². The lowest BCUT2D eigenvalue weighted by molar-refractivity contribution is -0.885. The lowest BCUT2D eigenvalue weighted by Crippen LogP contribution is -3.09. The van der Waals surface area contributed by atoms with Crippen molar-refractivity contribution >= 4 is 23.0 Å². The Morgan fingerprint density at radius 2 is 2.04 bits per heavy atom. The number of thiazole rings is 1. The molecular weight excluding hydrogens is 336 g/mol. The standard InChI is InChI=1S/C18H26N4O2S/c1-10(2)19-15(24)7-22(6)8-16-21-14(9-25-16)18-11(3)17(13(5)23)12(4)20-18/h9-10,20H,7-8H2,1-6H3,(H,19,24)/p+1. The molecule has 0 aliphatic heterocycles. The van der Waals surface area contributed by atoms with Crippen molar-refractivity contribution in [2.24, 2.45) is 0 Å². The SMILES string of the molecule is CC(=O)c1c(C)[nH]c(-c2csc(C[NH+](C)CC(=O)NC(C)C)n2)c1C. The molecule has 2 heterocycles. The maximum Gasteiger partial charge on any atom is 0.275 e. The van der Waals surface area contributed by atoms with Crippen molar-refractivity contribution in [3.05, 3.63) is 27.2 Å². The molecule has 0 fully saturated rings. The number of quaternary nitrogens is 1. The lowest BCUT2D eigenvalue weighted by atomic mass is 10.1. The number of amides is 1. The summed E-state index contributed by atoms with van der Waals surface area (Å²) >= 11 is 1.58. The number of rotatable bonds is 7. The zero-order chi connectivity index (χ0) is 18.7. The Morgan fingerprint density at radius 3 is 2.60 bits per heavy atom. The maximum absolute atomic E-state index is 11.8. The van der Waals surface area contributed by atoms with Crippen LogP contribution in [0.3, 0.4) is 0 Å². The second kappa shape index (κ2) is 7.93. The Hall–Kier alpha value is -1.99. The van der Waals surface area contributed by atoms with E-state index in [-0.39, 0.29) is 17.7 Å². The number of aryl methyl sites for hydroxylation is 1. The van der Waals surface area contributed by atoms with Gasteiger partial charge in [0.1, 0.15) is 11.6 Å². The molecule has 0 spiro atoms. The molecule has 0 saturated heterocycles. The third-order valence-electron chi connectivity index (χ3n) is 3.96. The van der Waals surface area contributed by atoms with E-state index in [2.05, 4.69) is 15.3 Å². The summed E-state index contributed by atoms with van der Waals surface area (Å²) in [5.41, 5.74) is 4.33. The molecule has 0 saturated carbocycles. The monoisotopic (exact) mass is 363 g/mol. The predicted octanol–water partition coefficient (Wildman–Crippen LogP) is 1.50. The summed E-state index contributed by atoms with van der Waals surface area (Å²) in [5, 5.41) is 5.88. The average Bonchev–Trinajstić information content (AvgIpc) is 3.01. The van der Waals surface area contributed by atoms with E-state index in [1.165, 1.54) is 0 Å². The molecule has 7 heteroatoms. The fourth-order valence-corrected chi connectivity index (χ4v) is 3.91. The molecule has 2 rings (SSSR count). The van der Waals surface area contributed by atoms with Crippen LogP contribution in [-0.2, 0) is 11.3 Å². The smallest absolute Gasteiger partial charge is 0.275 e. The van der Waals surface area contributed by atoms with Gasteiger partial charge >= 0.3 is 0 Å². The van der Waals surface area contributed by atoms with E-state index in [0.717, 1.165) is 38.1 Å². The average molecular weight is 364 g/mol. The number of likely N-dealkylation sites (N-methyl/N-ethyl adjacent to an activating group) is 1. The van der Waals surface area contributed by atoms with Crippen molar-refractivity contribution in [2.45, 2.75) is 47.2 Å². The number of nitrogens with one attached hydrogen (secondary N) is 3. The quantitative estimate of drug-likeness (QED) is 0.652. The van der Waals surface area contributed by atoms with E-state index in [0.29, 0.717) is 13.1 Å². The molecule has 0 aliphatic carbocycles. The highest BCUT2D eigenvalue weighted by Gasteiger charge is 2.19. The number of Topliss-reactive ketones (excluding diaryl/α,β-unsaturated/α-hetero) is 1.